The molecular formula is C20H25N3O3. The predicted molar refractivity (Wildman–Crippen MR) is 101 cm³/mol. The van der Waals surface area contributed by atoms with Crippen molar-refractivity contribution in [3.63, 3.8) is 0 Å². The van der Waals surface area contributed by atoms with Crippen LogP contribution in [0.2, 0.25) is 0 Å². The summed E-state index contributed by atoms with van der Waals surface area (Å²) in [5, 5.41) is 2.94. The Balaban J connectivity index is 1.37. The van der Waals surface area contributed by atoms with Crippen LogP contribution >= 0.6 is 0 Å². The number of nitrogens with one attached hydrogen (secondary N) is 1. The van der Waals surface area contributed by atoms with Crippen LogP contribution in [0.25, 0.3) is 0 Å². The summed E-state index contributed by atoms with van der Waals surface area (Å²) < 4.78 is 10.9. The molecule has 2 aromatic rings. The average Bonchev–Trinajstić information content (AvgIpc) is 2.70. The van der Waals surface area contributed by atoms with E-state index in [-0.39, 0.29) is 6.03 Å². The molecule has 0 spiro atoms. The van der Waals surface area contributed by atoms with Gasteiger partial charge in [0.2, 0.25) is 0 Å². The molecule has 1 saturated heterocycles. The smallest absolute Gasteiger partial charge is 0.321 e. The summed E-state index contributed by atoms with van der Waals surface area (Å²) >= 11 is 0. The van der Waals surface area contributed by atoms with E-state index < -0.39 is 0 Å². The van der Waals surface area contributed by atoms with Crippen LogP contribution in [-0.4, -0.2) is 42.7 Å². The third kappa shape index (κ3) is 5.12. The lowest BCUT2D eigenvalue weighted by Gasteiger charge is -2.32. The maximum Gasteiger partial charge on any atom is 0.321 e. The Morgan fingerprint density at radius 3 is 2.46 bits per heavy atom. The van der Waals surface area contributed by atoms with E-state index in [2.05, 4.69) is 10.3 Å². The maximum absolute atomic E-state index is 12.4. The van der Waals surface area contributed by atoms with Crippen LogP contribution in [0, 0.1) is 5.92 Å². The second-order valence-corrected chi connectivity index (χ2v) is 6.41. The van der Waals surface area contributed by atoms with E-state index in [1.165, 1.54) is 0 Å². The molecule has 1 fully saturated rings. The van der Waals surface area contributed by atoms with E-state index in [1.807, 2.05) is 41.3 Å². The molecule has 2 heterocycles. The zero-order valence-electron chi connectivity index (χ0n) is 15.1. The van der Waals surface area contributed by atoms with Crippen LogP contribution in [0.15, 0.2) is 48.8 Å². The zero-order chi connectivity index (χ0) is 18.2. The molecule has 0 radical (unpaired) electrons. The first kappa shape index (κ1) is 18.0. The molecule has 6 heteroatoms. The van der Waals surface area contributed by atoms with Gasteiger partial charge in [-0.3, -0.25) is 4.98 Å². The van der Waals surface area contributed by atoms with Crippen molar-refractivity contribution in [3.8, 4) is 11.5 Å². The quantitative estimate of drug-likeness (QED) is 0.856. The van der Waals surface area contributed by atoms with E-state index in [0.29, 0.717) is 12.5 Å². The fraction of sp³-hybridized carbons (Fsp3) is 0.400. The molecule has 26 heavy (non-hydrogen) atoms. The number of ether oxygens (including phenoxy) is 2. The first-order valence-corrected chi connectivity index (χ1v) is 8.97. The Morgan fingerprint density at radius 2 is 1.81 bits per heavy atom. The molecule has 6 nitrogen and oxygen atoms in total. The van der Waals surface area contributed by atoms with Gasteiger partial charge in [0.1, 0.15) is 11.5 Å². The fourth-order valence-electron chi connectivity index (χ4n) is 3.08. The van der Waals surface area contributed by atoms with Gasteiger partial charge in [0.25, 0.3) is 0 Å². The van der Waals surface area contributed by atoms with Crippen molar-refractivity contribution < 1.29 is 14.3 Å². The summed E-state index contributed by atoms with van der Waals surface area (Å²) in [4.78, 5) is 18.2. The zero-order valence-corrected chi connectivity index (χ0v) is 15.1. The SMILES string of the molecule is COc1ccc(NC(=O)N2CCC(CCOc3ccncc3)CC2)cc1. The van der Waals surface area contributed by atoms with E-state index >= 15 is 0 Å². The Hall–Kier alpha value is -2.76. The minimum atomic E-state index is -0.0401. The number of benzene rings is 1. The van der Waals surface area contributed by atoms with Gasteiger partial charge in [-0.2, -0.15) is 0 Å². The number of pyridine rings is 1. The molecular weight excluding hydrogens is 330 g/mol. The topological polar surface area (TPSA) is 63.7 Å². The highest BCUT2D eigenvalue weighted by Crippen LogP contribution is 2.22. The van der Waals surface area contributed by atoms with Gasteiger partial charge in [-0.05, 0) is 61.6 Å². The van der Waals surface area contributed by atoms with Gasteiger partial charge in [0, 0.05) is 31.2 Å². The lowest BCUT2D eigenvalue weighted by molar-refractivity contribution is 0.170. The third-order valence-corrected chi connectivity index (χ3v) is 4.69. The van der Waals surface area contributed by atoms with Crippen molar-refractivity contribution in [1.29, 1.82) is 0 Å². The molecule has 1 aliphatic heterocycles. The summed E-state index contributed by atoms with van der Waals surface area (Å²) in [6, 6.07) is 11.1. The number of nitrogens with zero attached hydrogens (tertiary/aromatic N) is 2. The van der Waals surface area contributed by atoms with Crippen molar-refractivity contribution >= 4 is 11.7 Å². The van der Waals surface area contributed by atoms with Gasteiger partial charge in [-0.25, -0.2) is 4.79 Å². The monoisotopic (exact) mass is 355 g/mol. The van der Waals surface area contributed by atoms with Gasteiger partial charge >= 0.3 is 6.03 Å². The van der Waals surface area contributed by atoms with Crippen molar-refractivity contribution in [2.45, 2.75) is 19.3 Å². The van der Waals surface area contributed by atoms with Crippen molar-refractivity contribution in [1.82, 2.24) is 9.88 Å². The number of aromatic nitrogens is 1. The van der Waals surface area contributed by atoms with Crippen LogP contribution in [0.4, 0.5) is 10.5 Å². The normalized spacial score (nSPS) is 14.7. The van der Waals surface area contributed by atoms with Gasteiger partial charge in [-0.1, -0.05) is 0 Å². The summed E-state index contributed by atoms with van der Waals surface area (Å²) in [6.07, 6.45) is 6.49. The highest BCUT2D eigenvalue weighted by molar-refractivity contribution is 5.89. The summed E-state index contributed by atoms with van der Waals surface area (Å²) in [5.74, 6) is 2.23. The van der Waals surface area contributed by atoms with Crippen LogP contribution in [0.5, 0.6) is 11.5 Å². The molecule has 0 bridgehead atoms. The van der Waals surface area contributed by atoms with Crippen LogP contribution in [0.1, 0.15) is 19.3 Å². The van der Waals surface area contributed by atoms with Crippen LogP contribution < -0.4 is 14.8 Å². The number of hydrogen-bond donors (Lipinski definition) is 1. The first-order valence-electron chi connectivity index (χ1n) is 8.97. The number of amides is 2. The minimum Gasteiger partial charge on any atom is -0.497 e. The summed E-state index contributed by atoms with van der Waals surface area (Å²) in [5.41, 5.74) is 0.781. The highest BCUT2D eigenvalue weighted by Gasteiger charge is 2.22. The van der Waals surface area contributed by atoms with E-state index in [4.69, 9.17) is 9.47 Å². The number of piperidine rings is 1. The number of anilines is 1. The lowest BCUT2D eigenvalue weighted by atomic mass is 9.94. The molecule has 0 aliphatic carbocycles. The van der Waals surface area contributed by atoms with Crippen molar-refractivity contribution in [3.05, 3.63) is 48.8 Å². The summed E-state index contributed by atoms with van der Waals surface area (Å²) in [7, 11) is 1.62. The summed E-state index contributed by atoms with van der Waals surface area (Å²) in [6.45, 7) is 2.26. The fourth-order valence-corrected chi connectivity index (χ4v) is 3.08. The molecule has 0 saturated carbocycles. The third-order valence-electron chi connectivity index (χ3n) is 4.69. The number of methoxy groups -OCH3 is 1. The molecule has 2 amide bonds. The molecule has 3 rings (SSSR count). The first-order chi connectivity index (χ1) is 12.7. The number of carbonyl (C=O) groups excluding carboxylic acids is 1. The van der Waals surface area contributed by atoms with E-state index in [9.17, 15) is 4.79 Å². The van der Waals surface area contributed by atoms with Gasteiger partial charge in [-0.15, -0.1) is 0 Å². The minimum absolute atomic E-state index is 0.0401. The lowest BCUT2D eigenvalue weighted by Crippen LogP contribution is -2.41. The number of carbonyl (C=O) groups is 1. The number of hydrogen-bond acceptors (Lipinski definition) is 4. The maximum atomic E-state index is 12.4. The Labute approximate surface area is 154 Å². The largest absolute Gasteiger partial charge is 0.497 e. The number of urea groups is 1. The molecule has 0 unspecified atom stereocenters. The Kier molecular flexibility index (Phi) is 6.30. The predicted octanol–water partition coefficient (Wildman–Crippen LogP) is 3.80. The second kappa shape index (κ2) is 9.08. The standard InChI is InChI=1S/C20H25N3O3/c1-25-18-4-2-17(3-5-18)22-20(24)23-13-8-16(9-14-23)10-15-26-19-6-11-21-12-7-19/h2-7,11-12,16H,8-10,13-15H2,1H3,(H,22,24). The molecule has 1 N–H and O–H groups in total. The number of likely N-dealkylation sites (tertiary alicyclic amines) is 1. The van der Waals surface area contributed by atoms with Crippen molar-refractivity contribution in [2.75, 3.05) is 32.1 Å². The molecule has 1 aromatic heterocycles. The van der Waals surface area contributed by atoms with Gasteiger partial charge in [0.05, 0.1) is 13.7 Å². The van der Waals surface area contributed by atoms with Crippen molar-refractivity contribution in [2.24, 2.45) is 5.92 Å². The average molecular weight is 355 g/mol. The number of rotatable bonds is 6. The Morgan fingerprint density at radius 1 is 1.12 bits per heavy atom. The molecule has 0 atom stereocenters. The van der Waals surface area contributed by atoms with E-state index in [1.54, 1.807) is 19.5 Å². The molecule has 1 aliphatic rings. The van der Waals surface area contributed by atoms with E-state index in [0.717, 1.165) is 49.5 Å². The van der Waals surface area contributed by atoms with Gasteiger partial charge < -0.3 is 19.7 Å². The molecule has 1 aromatic carbocycles. The molecule has 138 valence electrons. The van der Waals surface area contributed by atoms with Gasteiger partial charge in [0.15, 0.2) is 0 Å². The Bertz CT molecular complexity index is 683. The highest BCUT2D eigenvalue weighted by atomic mass is 16.5. The van der Waals surface area contributed by atoms with Crippen LogP contribution in [-0.2, 0) is 0 Å². The van der Waals surface area contributed by atoms with Crippen LogP contribution in [0.3, 0.4) is 0 Å². The second-order valence-electron chi connectivity index (χ2n) is 6.41.